The van der Waals surface area contributed by atoms with Gasteiger partial charge in [0.25, 0.3) is 0 Å². The first-order valence-electron chi connectivity index (χ1n) is 17.4. The number of furan rings is 1. The number of benzene rings is 7. The summed E-state index contributed by atoms with van der Waals surface area (Å²) < 4.78 is 15.4. The van der Waals surface area contributed by atoms with E-state index in [0.29, 0.717) is 23.4 Å². The van der Waals surface area contributed by atoms with Crippen molar-refractivity contribution in [1.29, 1.82) is 0 Å². The molecule has 7 aromatic carbocycles. The second kappa shape index (κ2) is 11.8. The molecule has 7 heteroatoms. The Hall–Kier alpha value is -6.96. The monoisotopic (exact) mass is 698 g/mol. The number of thiophene rings is 1. The third-order valence-electron chi connectivity index (χ3n) is 9.76. The summed E-state index contributed by atoms with van der Waals surface area (Å²) >= 11 is 1.76. The van der Waals surface area contributed by atoms with Gasteiger partial charge in [0.05, 0.1) is 0 Å². The van der Waals surface area contributed by atoms with E-state index in [9.17, 15) is 0 Å². The predicted octanol–water partition coefficient (Wildman–Crippen LogP) is 12.6. The first-order chi connectivity index (χ1) is 26.2. The van der Waals surface area contributed by atoms with E-state index in [1.165, 1.54) is 4.70 Å². The molecule has 0 atom stereocenters. The van der Waals surface area contributed by atoms with Crippen LogP contribution in [0.1, 0.15) is 0 Å². The number of fused-ring (bicyclic) bond motifs is 8. The van der Waals surface area contributed by atoms with Crippen LogP contribution in [0, 0.1) is 0 Å². The fourth-order valence-corrected chi connectivity index (χ4v) is 8.39. The van der Waals surface area contributed by atoms with Crippen molar-refractivity contribution in [3.63, 3.8) is 0 Å². The molecule has 6 nitrogen and oxygen atoms in total. The molecule has 0 radical (unpaired) electrons. The zero-order valence-electron chi connectivity index (χ0n) is 28.0. The van der Waals surface area contributed by atoms with Gasteiger partial charge in [0, 0.05) is 58.8 Å². The Bertz CT molecular complexity index is 3120. The average molecular weight is 699 g/mol. The standard InChI is InChI=1S/C46H26N4O2S/c1-3-12-27(13-4-1)43-48-44(28-14-5-2-6-15-28)50-45(49-43)30-17-11-16-29(24-30)35-26-39-40(34-19-8-10-21-38(34)53-39)41-42(35)52-46(47-41)31-22-23-33-32-18-7-9-20-36(32)51-37(33)25-31/h1-26H. The van der Waals surface area contributed by atoms with E-state index in [2.05, 4.69) is 60.7 Å². The van der Waals surface area contributed by atoms with Gasteiger partial charge in [0.1, 0.15) is 16.7 Å². The molecule has 0 saturated heterocycles. The first-order valence-corrected chi connectivity index (χ1v) is 18.2. The number of para-hydroxylation sites is 1. The highest BCUT2D eigenvalue weighted by atomic mass is 32.1. The van der Waals surface area contributed by atoms with Gasteiger partial charge >= 0.3 is 0 Å². The summed E-state index contributed by atoms with van der Waals surface area (Å²) in [5, 5.41) is 4.41. The SMILES string of the molecule is c1ccc(-c2nc(-c3ccccc3)nc(-c3cccc(-c4cc5sc6ccccc6c5c5nc(-c6ccc7c(c6)oc6ccccc67)oc45)c3)n2)cc1. The highest BCUT2D eigenvalue weighted by Gasteiger charge is 2.21. The van der Waals surface area contributed by atoms with Crippen LogP contribution >= 0.6 is 11.3 Å². The Morgan fingerprint density at radius 1 is 0.396 bits per heavy atom. The largest absolute Gasteiger partial charge is 0.456 e. The number of oxazole rings is 1. The van der Waals surface area contributed by atoms with Gasteiger partial charge in [-0.1, -0.05) is 115 Å². The van der Waals surface area contributed by atoms with Gasteiger partial charge in [0.2, 0.25) is 5.89 Å². The molecule has 0 bridgehead atoms. The van der Waals surface area contributed by atoms with Crippen molar-refractivity contribution >= 4 is 64.5 Å². The minimum absolute atomic E-state index is 0.542. The van der Waals surface area contributed by atoms with Gasteiger partial charge in [-0.3, -0.25) is 0 Å². The van der Waals surface area contributed by atoms with Crippen LogP contribution in [0.4, 0.5) is 0 Å². The fraction of sp³-hybridized carbons (Fsp3) is 0. The minimum atomic E-state index is 0.542. The molecule has 11 rings (SSSR count). The highest BCUT2D eigenvalue weighted by Crippen LogP contribution is 2.44. The predicted molar refractivity (Wildman–Crippen MR) is 215 cm³/mol. The lowest BCUT2D eigenvalue weighted by Crippen LogP contribution is -2.00. The molecule has 4 heterocycles. The van der Waals surface area contributed by atoms with Crippen LogP contribution in [0.15, 0.2) is 167 Å². The Morgan fingerprint density at radius 2 is 1.02 bits per heavy atom. The minimum Gasteiger partial charge on any atom is -0.456 e. The molecule has 11 aromatic rings. The van der Waals surface area contributed by atoms with Gasteiger partial charge in [-0.2, -0.15) is 0 Å². The van der Waals surface area contributed by atoms with Crippen LogP contribution in [0.5, 0.6) is 0 Å². The quantitative estimate of drug-likeness (QED) is 0.178. The topological polar surface area (TPSA) is 77.8 Å². The summed E-state index contributed by atoms with van der Waals surface area (Å²) in [5.74, 6) is 2.38. The number of nitrogens with zero attached hydrogens (tertiary/aromatic N) is 4. The van der Waals surface area contributed by atoms with Crippen molar-refractivity contribution in [2.75, 3.05) is 0 Å². The van der Waals surface area contributed by atoms with Crippen LogP contribution in [0.2, 0.25) is 0 Å². The lowest BCUT2D eigenvalue weighted by Gasteiger charge is -2.10. The zero-order valence-corrected chi connectivity index (χ0v) is 28.8. The van der Waals surface area contributed by atoms with Gasteiger partial charge < -0.3 is 8.83 Å². The molecule has 53 heavy (non-hydrogen) atoms. The van der Waals surface area contributed by atoms with E-state index in [0.717, 1.165) is 81.9 Å². The molecule has 0 amide bonds. The third kappa shape index (κ3) is 4.93. The van der Waals surface area contributed by atoms with E-state index in [4.69, 9.17) is 28.8 Å². The third-order valence-corrected chi connectivity index (χ3v) is 10.9. The normalized spacial score (nSPS) is 11.8. The summed E-state index contributed by atoms with van der Waals surface area (Å²) in [7, 11) is 0. The second-order valence-corrected chi connectivity index (χ2v) is 14.1. The molecule has 0 aliphatic carbocycles. The Labute approximate surface area is 306 Å². The fourth-order valence-electron chi connectivity index (χ4n) is 7.24. The van der Waals surface area contributed by atoms with Gasteiger partial charge in [-0.25, -0.2) is 19.9 Å². The summed E-state index contributed by atoms with van der Waals surface area (Å²) in [6.07, 6.45) is 0. The molecular formula is C46H26N4O2S. The van der Waals surface area contributed by atoms with Crippen LogP contribution < -0.4 is 0 Å². The molecule has 0 fully saturated rings. The molecule has 0 aliphatic rings. The maximum absolute atomic E-state index is 6.80. The Morgan fingerprint density at radius 3 is 1.79 bits per heavy atom. The average Bonchev–Trinajstić information content (AvgIpc) is 3.94. The van der Waals surface area contributed by atoms with E-state index in [1.54, 1.807) is 11.3 Å². The Kier molecular flexibility index (Phi) is 6.62. The second-order valence-electron chi connectivity index (χ2n) is 13.0. The number of rotatable bonds is 5. The van der Waals surface area contributed by atoms with E-state index in [1.807, 2.05) is 97.1 Å². The van der Waals surface area contributed by atoms with Crippen LogP contribution in [-0.4, -0.2) is 19.9 Å². The van der Waals surface area contributed by atoms with Crippen molar-refractivity contribution in [2.45, 2.75) is 0 Å². The smallest absolute Gasteiger partial charge is 0.227 e. The van der Waals surface area contributed by atoms with Crippen molar-refractivity contribution in [1.82, 2.24) is 19.9 Å². The summed E-state index contributed by atoms with van der Waals surface area (Å²) in [6, 6.07) is 53.4. The Balaban J connectivity index is 1.11. The summed E-state index contributed by atoms with van der Waals surface area (Å²) in [5.41, 5.74) is 8.72. The maximum atomic E-state index is 6.80. The van der Waals surface area contributed by atoms with E-state index in [-0.39, 0.29) is 0 Å². The van der Waals surface area contributed by atoms with Crippen molar-refractivity contribution < 1.29 is 8.83 Å². The van der Waals surface area contributed by atoms with Gasteiger partial charge in [-0.05, 0) is 48.0 Å². The number of hydrogen-bond acceptors (Lipinski definition) is 7. The van der Waals surface area contributed by atoms with Crippen LogP contribution in [0.25, 0.3) is 110 Å². The summed E-state index contributed by atoms with van der Waals surface area (Å²) in [4.78, 5) is 20.1. The molecule has 0 saturated carbocycles. The molecule has 0 N–H and O–H groups in total. The van der Waals surface area contributed by atoms with Crippen molar-refractivity contribution in [2.24, 2.45) is 0 Å². The molecule has 0 aliphatic heterocycles. The van der Waals surface area contributed by atoms with Crippen LogP contribution in [0.3, 0.4) is 0 Å². The molecular weight excluding hydrogens is 673 g/mol. The molecule has 248 valence electrons. The molecule has 0 unspecified atom stereocenters. The zero-order chi connectivity index (χ0) is 34.9. The highest BCUT2D eigenvalue weighted by molar-refractivity contribution is 7.26. The lowest BCUT2D eigenvalue weighted by atomic mass is 9.99. The number of aromatic nitrogens is 4. The maximum Gasteiger partial charge on any atom is 0.227 e. The van der Waals surface area contributed by atoms with Crippen LogP contribution in [-0.2, 0) is 0 Å². The first kappa shape index (κ1) is 29.7. The summed E-state index contributed by atoms with van der Waals surface area (Å²) in [6.45, 7) is 0. The van der Waals surface area contributed by atoms with Gasteiger partial charge in [-0.15, -0.1) is 11.3 Å². The van der Waals surface area contributed by atoms with Crippen molar-refractivity contribution in [3.05, 3.63) is 158 Å². The van der Waals surface area contributed by atoms with E-state index < -0.39 is 0 Å². The lowest BCUT2D eigenvalue weighted by molar-refractivity contribution is 0.620. The molecule has 4 aromatic heterocycles. The van der Waals surface area contributed by atoms with E-state index >= 15 is 0 Å². The number of hydrogen-bond donors (Lipinski definition) is 0. The van der Waals surface area contributed by atoms with Crippen molar-refractivity contribution in [3.8, 4) is 56.7 Å². The van der Waals surface area contributed by atoms with Gasteiger partial charge in [0.15, 0.2) is 23.1 Å². The molecule has 0 spiro atoms.